The first kappa shape index (κ1) is 22.2. The molecule has 1 saturated heterocycles. The van der Waals surface area contributed by atoms with Gasteiger partial charge >= 0.3 is 0 Å². The third-order valence-corrected chi connectivity index (χ3v) is 6.10. The highest BCUT2D eigenvalue weighted by molar-refractivity contribution is 6.31. The summed E-state index contributed by atoms with van der Waals surface area (Å²) in [6.07, 6.45) is 3.36. The molecule has 0 aliphatic carbocycles. The maximum Gasteiger partial charge on any atom is 0.238 e. The van der Waals surface area contributed by atoms with Gasteiger partial charge in [0.15, 0.2) is 0 Å². The molecule has 174 valence electrons. The Hall–Kier alpha value is -3.63. The van der Waals surface area contributed by atoms with Crippen LogP contribution in [-0.2, 0) is 4.79 Å². The van der Waals surface area contributed by atoms with Crippen molar-refractivity contribution in [2.45, 2.75) is 6.04 Å². The van der Waals surface area contributed by atoms with Crippen molar-refractivity contribution < 1.29 is 13.6 Å². The number of aromatic amines is 1. The van der Waals surface area contributed by atoms with E-state index in [0.29, 0.717) is 35.4 Å². The minimum atomic E-state index is -0.839. The molecular weight excluding hydrogens is 464 g/mol. The average molecular weight is 484 g/mol. The van der Waals surface area contributed by atoms with Crippen LogP contribution in [0.4, 0.5) is 14.5 Å². The number of fused-ring (bicyclic) bond motifs is 1. The van der Waals surface area contributed by atoms with E-state index in [1.807, 2.05) is 12.1 Å². The van der Waals surface area contributed by atoms with Crippen LogP contribution in [0.1, 0.15) is 0 Å². The first-order valence-corrected chi connectivity index (χ1v) is 11.0. The van der Waals surface area contributed by atoms with Crippen molar-refractivity contribution in [2.75, 3.05) is 31.6 Å². The Morgan fingerprint density at radius 2 is 2.03 bits per heavy atom. The van der Waals surface area contributed by atoms with Gasteiger partial charge < -0.3 is 15.5 Å². The molecule has 1 unspecified atom stereocenters. The molecule has 3 aromatic heterocycles. The number of halogens is 3. The summed E-state index contributed by atoms with van der Waals surface area (Å²) in [7, 11) is 1.61. The fraction of sp³-hybridized carbons (Fsp3) is 0.217. The quantitative estimate of drug-likeness (QED) is 0.386. The van der Waals surface area contributed by atoms with Crippen LogP contribution >= 0.6 is 11.6 Å². The first-order valence-electron chi connectivity index (χ1n) is 10.6. The molecule has 0 spiro atoms. The van der Waals surface area contributed by atoms with E-state index in [1.165, 1.54) is 6.07 Å². The van der Waals surface area contributed by atoms with E-state index < -0.39 is 11.6 Å². The summed E-state index contributed by atoms with van der Waals surface area (Å²) in [6, 6.07) is 7.11. The van der Waals surface area contributed by atoms with Crippen LogP contribution in [-0.4, -0.2) is 58.8 Å². The second-order valence-electron chi connectivity index (χ2n) is 7.89. The van der Waals surface area contributed by atoms with Gasteiger partial charge in [0.25, 0.3) is 0 Å². The predicted molar refractivity (Wildman–Crippen MR) is 126 cm³/mol. The monoisotopic (exact) mass is 483 g/mol. The number of amides is 1. The molecule has 1 amide bonds. The number of likely N-dealkylation sites (N-methyl/N-ethyl adjacent to an activating group) is 1. The van der Waals surface area contributed by atoms with E-state index in [1.54, 1.807) is 25.5 Å². The molecule has 4 heterocycles. The Bertz CT molecular complexity index is 1390. The van der Waals surface area contributed by atoms with Gasteiger partial charge in [0.05, 0.1) is 33.6 Å². The standard InChI is InChI=1S/C23H20ClF2N7O/c1-27-23(34)21-11-33(5-4-28-21)12-6-20-19(29-9-12)3-2-18(31-20)14-10-30-32-22(14)13-7-15(24)17(26)8-16(13)25/h2-3,6-10,21,28H,4-5,11H2,1H3,(H,27,34)(H,30,32). The minimum absolute atomic E-state index is 0.0671. The Balaban J connectivity index is 1.51. The Kier molecular flexibility index (Phi) is 5.84. The third-order valence-electron chi connectivity index (χ3n) is 5.81. The lowest BCUT2D eigenvalue weighted by Gasteiger charge is -2.34. The van der Waals surface area contributed by atoms with E-state index in [0.717, 1.165) is 18.3 Å². The summed E-state index contributed by atoms with van der Waals surface area (Å²) in [5.41, 5.74) is 3.58. The van der Waals surface area contributed by atoms with E-state index in [-0.39, 0.29) is 28.2 Å². The summed E-state index contributed by atoms with van der Waals surface area (Å²) in [4.78, 5) is 23.4. The van der Waals surface area contributed by atoms with Crippen molar-refractivity contribution in [1.29, 1.82) is 0 Å². The van der Waals surface area contributed by atoms with Gasteiger partial charge in [0.1, 0.15) is 23.4 Å². The highest BCUT2D eigenvalue weighted by Gasteiger charge is 2.25. The average Bonchev–Trinajstić information content (AvgIpc) is 3.35. The molecule has 11 heteroatoms. The van der Waals surface area contributed by atoms with Gasteiger partial charge in [0, 0.05) is 50.1 Å². The van der Waals surface area contributed by atoms with Gasteiger partial charge in [-0.15, -0.1) is 0 Å². The lowest BCUT2D eigenvalue weighted by atomic mass is 10.0. The zero-order chi connectivity index (χ0) is 23.8. The third kappa shape index (κ3) is 4.06. The zero-order valence-electron chi connectivity index (χ0n) is 18.1. The summed E-state index contributed by atoms with van der Waals surface area (Å²) in [5.74, 6) is -1.68. The topological polar surface area (TPSA) is 98.8 Å². The highest BCUT2D eigenvalue weighted by Crippen LogP contribution is 2.34. The number of nitrogens with zero attached hydrogens (tertiary/aromatic N) is 4. The molecule has 4 aromatic rings. The van der Waals surface area contributed by atoms with Crippen molar-refractivity contribution >= 4 is 34.2 Å². The summed E-state index contributed by atoms with van der Waals surface area (Å²) in [5, 5.41) is 12.5. The number of carbonyl (C=O) groups excluding carboxylic acids is 1. The van der Waals surface area contributed by atoms with Crippen LogP contribution in [0.3, 0.4) is 0 Å². The molecule has 0 saturated carbocycles. The Morgan fingerprint density at radius 3 is 2.85 bits per heavy atom. The van der Waals surface area contributed by atoms with Crippen LogP contribution in [0.2, 0.25) is 5.02 Å². The molecule has 0 radical (unpaired) electrons. The molecule has 1 aliphatic rings. The predicted octanol–water partition coefficient (Wildman–Crippen LogP) is 3.14. The molecule has 34 heavy (non-hydrogen) atoms. The lowest BCUT2D eigenvalue weighted by molar-refractivity contribution is -0.122. The van der Waals surface area contributed by atoms with Crippen LogP contribution in [0.15, 0.2) is 42.7 Å². The number of nitrogens with one attached hydrogen (secondary N) is 3. The first-order chi connectivity index (χ1) is 16.4. The number of pyridine rings is 2. The lowest BCUT2D eigenvalue weighted by Crippen LogP contribution is -2.56. The van der Waals surface area contributed by atoms with E-state index >= 15 is 0 Å². The van der Waals surface area contributed by atoms with Crippen molar-refractivity contribution in [3.05, 3.63) is 59.4 Å². The van der Waals surface area contributed by atoms with Gasteiger partial charge in [0.2, 0.25) is 5.91 Å². The second kappa shape index (κ2) is 8.96. The SMILES string of the molecule is CNC(=O)C1CN(c2cnc3ccc(-c4c[nH]nc4-c4cc(Cl)c(F)cc4F)nc3c2)CCN1. The van der Waals surface area contributed by atoms with Crippen molar-refractivity contribution in [1.82, 2.24) is 30.8 Å². The number of hydrogen-bond acceptors (Lipinski definition) is 6. The van der Waals surface area contributed by atoms with Crippen molar-refractivity contribution in [2.24, 2.45) is 0 Å². The molecule has 1 fully saturated rings. The van der Waals surface area contributed by atoms with Crippen molar-refractivity contribution in [3.8, 4) is 22.5 Å². The molecule has 1 aliphatic heterocycles. The molecule has 0 bridgehead atoms. The van der Waals surface area contributed by atoms with Gasteiger partial charge in [-0.2, -0.15) is 5.10 Å². The maximum atomic E-state index is 14.5. The highest BCUT2D eigenvalue weighted by atomic mass is 35.5. The van der Waals surface area contributed by atoms with Crippen LogP contribution in [0, 0.1) is 11.6 Å². The van der Waals surface area contributed by atoms with Gasteiger partial charge in [-0.25, -0.2) is 13.8 Å². The largest absolute Gasteiger partial charge is 0.367 e. The van der Waals surface area contributed by atoms with Crippen LogP contribution < -0.4 is 15.5 Å². The fourth-order valence-electron chi connectivity index (χ4n) is 4.05. The van der Waals surface area contributed by atoms with Crippen molar-refractivity contribution in [3.63, 3.8) is 0 Å². The van der Waals surface area contributed by atoms with E-state index in [2.05, 4.69) is 30.7 Å². The number of H-pyrrole nitrogens is 1. The molecule has 1 atom stereocenters. The normalized spacial score (nSPS) is 16.1. The molecule has 3 N–H and O–H groups in total. The zero-order valence-corrected chi connectivity index (χ0v) is 18.8. The van der Waals surface area contributed by atoms with E-state index in [9.17, 15) is 13.6 Å². The Labute approximate surface area is 198 Å². The number of carbonyl (C=O) groups is 1. The van der Waals surface area contributed by atoms with E-state index in [4.69, 9.17) is 16.6 Å². The smallest absolute Gasteiger partial charge is 0.238 e. The van der Waals surface area contributed by atoms with Gasteiger partial charge in [-0.3, -0.25) is 14.9 Å². The maximum absolute atomic E-state index is 14.5. The molecule has 5 rings (SSSR count). The van der Waals surface area contributed by atoms with Crippen LogP contribution in [0.25, 0.3) is 33.5 Å². The number of aromatic nitrogens is 4. The van der Waals surface area contributed by atoms with Gasteiger partial charge in [-0.1, -0.05) is 11.6 Å². The summed E-state index contributed by atoms with van der Waals surface area (Å²) < 4.78 is 28.1. The number of anilines is 1. The molecule has 8 nitrogen and oxygen atoms in total. The van der Waals surface area contributed by atoms with Crippen LogP contribution in [0.5, 0.6) is 0 Å². The summed E-state index contributed by atoms with van der Waals surface area (Å²) in [6.45, 7) is 1.88. The number of rotatable bonds is 4. The molecule has 1 aromatic carbocycles. The van der Waals surface area contributed by atoms with Gasteiger partial charge in [-0.05, 0) is 24.3 Å². The number of piperazine rings is 1. The second-order valence-corrected chi connectivity index (χ2v) is 8.30. The Morgan fingerprint density at radius 1 is 1.18 bits per heavy atom. The fourth-order valence-corrected chi connectivity index (χ4v) is 4.21. The number of hydrogen-bond donors (Lipinski definition) is 3. The molecular formula is C23H20ClF2N7O. The number of benzene rings is 1. The summed E-state index contributed by atoms with van der Waals surface area (Å²) >= 11 is 5.87. The minimum Gasteiger partial charge on any atom is -0.367 e.